The normalized spacial score (nSPS) is 20.1. The number of amides is 1. The Morgan fingerprint density at radius 1 is 1.62 bits per heavy atom. The number of nitrogens with one attached hydrogen (secondary N) is 1. The van der Waals surface area contributed by atoms with E-state index in [-0.39, 0.29) is 22.5 Å². The Morgan fingerprint density at radius 3 is 2.86 bits per heavy atom. The predicted molar refractivity (Wildman–Crippen MR) is 85.1 cm³/mol. The molecule has 3 N–H and O–H groups in total. The molecule has 120 valence electrons. The van der Waals surface area contributed by atoms with Gasteiger partial charge in [-0.15, -0.1) is 23.7 Å². The van der Waals surface area contributed by atoms with Gasteiger partial charge in [0.1, 0.15) is 4.21 Å². The average molecular weight is 354 g/mol. The van der Waals surface area contributed by atoms with Crippen LogP contribution in [-0.4, -0.2) is 44.9 Å². The number of nitrogens with two attached hydrogens (primary N) is 1. The van der Waals surface area contributed by atoms with Gasteiger partial charge in [0.2, 0.25) is 5.91 Å². The Hall–Kier alpha value is -0.670. The van der Waals surface area contributed by atoms with Gasteiger partial charge >= 0.3 is 0 Å². The lowest BCUT2D eigenvalue weighted by Crippen LogP contribution is -2.46. The topological polar surface area (TPSA) is 92.5 Å². The molecule has 0 radical (unpaired) electrons. The highest BCUT2D eigenvalue weighted by Gasteiger charge is 2.30. The van der Waals surface area contributed by atoms with Crippen LogP contribution in [0.5, 0.6) is 0 Å². The molecule has 1 fully saturated rings. The van der Waals surface area contributed by atoms with E-state index in [1.165, 1.54) is 6.07 Å². The fourth-order valence-electron chi connectivity index (χ4n) is 2.26. The highest BCUT2D eigenvalue weighted by Crippen LogP contribution is 2.18. The van der Waals surface area contributed by atoms with Crippen LogP contribution in [0.15, 0.2) is 21.7 Å². The minimum Gasteiger partial charge on any atom is -0.341 e. The molecule has 2 rings (SSSR count). The van der Waals surface area contributed by atoms with E-state index in [0.29, 0.717) is 25.6 Å². The number of carbonyl (C=O) groups excluding carboxylic acids is 1. The Balaban J connectivity index is 0.00000220. The number of thiophene rings is 1. The van der Waals surface area contributed by atoms with Crippen LogP contribution >= 0.6 is 23.7 Å². The monoisotopic (exact) mass is 353 g/mol. The molecular formula is C12H20ClN3O3S2. The van der Waals surface area contributed by atoms with Gasteiger partial charge < -0.3 is 10.6 Å². The van der Waals surface area contributed by atoms with E-state index in [1.807, 2.05) is 0 Å². The van der Waals surface area contributed by atoms with Crippen molar-refractivity contribution in [2.75, 3.05) is 19.6 Å². The maximum absolute atomic E-state index is 12.2. The van der Waals surface area contributed by atoms with Crippen molar-refractivity contribution in [2.45, 2.75) is 23.6 Å². The smallest absolute Gasteiger partial charge is 0.250 e. The van der Waals surface area contributed by atoms with Crippen molar-refractivity contribution in [1.82, 2.24) is 9.62 Å². The molecule has 1 aliphatic rings. The lowest BCUT2D eigenvalue weighted by Gasteiger charge is -2.21. The van der Waals surface area contributed by atoms with E-state index in [9.17, 15) is 13.2 Å². The van der Waals surface area contributed by atoms with Gasteiger partial charge in [-0.3, -0.25) is 4.79 Å². The lowest BCUT2D eigenvalue weighted by molar-refractivity contribution is -0.131. The third-order valence-electron chi connectivity index (χ3n) is 3.39. The summed E-state index contributed by atoms with van der Waals surface area (Å²) in [5, 5.41) is 1.69. The molecule has 0 saturated carbocycles. The zero-order chi connectivity index (χ0) is 14.8. The molecule has 2 heterocycles. The molecule has 1 aliphatic heterocycles. The molecule has 9 heteroatoms. The first kappa shape index (κ1) is 18.4. The first-order valence-corrected chi connectivity index (χ1v) is 8.85. The summed E-state index contributed by atoms with van der Waals surface area (Å²) in [6.45, 7) is 3.38. The molecule has 2 unspecified atom stereocenters. The van der Waals surface area contributed by atoms with Gasteiger partial charge in [-0.1, -0.05) is 6.07 Å². The third kappa shape index (κ3) is 4.40. The molecule has 2 atom stereocenters. The SMILES string of the molecule is CC(NS(=O)(=O)c1cccs1)C(=O)N1CCC(CN)C1.Cl. The van der Waals surface area contributed by atoms with E-state index in [1.54, 1.807) is 23.3 Å². The van der Waals surface area contributed by atoms with Crippen molar-refractivity contribution < 1.29 is 13.2 Å². The van der Waals surface area contributed by atoms with Crippen LogP contribution in [0.2, 0.25) is 0 Å². The summed E-state index contributed by atoms with van der Waals surface area (Å²) >= 11 is 1.13. The molecule has 0 bridgehead atoms. The second-order valence-electron chi connectivity index (χ2n) is 4.95. The quantitative estimate of drug-likeness (QED) is 0.812. The molecule has 6 nitrogen and oxygen atoms in total. The molecule has 1 aromatic rings. The third-order valence-corrected chi connectivity index (χ3v) is 6.33. The lowest BCUT2D eigenvalue weighted by atomic mass is 10.1. The van der Waals surface area contributed by atoms with Crippen molar-refractivity contribution in [3.8, 4) is 0 Å². The summed E-state index contributed by atoms with van der Waals surface area (Å²) < 4.78 is 26.8. The van der Waals surface area contributed by atoms with Gasteiger partial charge in [0.15, 0.2) is 0 Å². The first-order valence-electron chi connectivity index (χ1n) is 6.48. The molecule has 0 aromatic carbocycles. The number of carbonyl (C=O) groups is 1. The number of likely N-dealkylation sites (tertiary alicyclic amines) is 1. The highest BCUT2D eigenvalue weighted by molar-refractivity contribution is 7.91. The standard InChI is InChI=1S/C12H19N3O3S2.ClH/c1-9(12(16)15-5-4-10(7-13)8-15)14-20(17,18)11-3-2-6-19-11;/h2-3,6,9-10,14H,4-5,7-8,13H2,1H3;1H. The molecule has 0 aliphatic carbocycles. The maximum Gasteiger partial charge on any atom is 0.250 e. The summed E-state index contributed by atoms with van der Waals surface area (Å²) in [4.78, 5) is 13.9. The molecular weight excluding hydrogens is 334 g/mol. The Kier molecular flexibility index (Phi) is 6.61. The van der Waals surface area contributed by atoms with Crippen molar-refractivity contribution >= 4 is 39.7 Å². The summed E-state index contributed by atoms with van der Waals surface area (Å²) in [6, 6.07) is 2.42. The van der Waals surface area contributed by atoms with E-state index >= 15 is 0 Å². The van der Waals surface area contributed by atoms with Gasteiger partial charge in [-0.05, 0) is 37.3 Å². The molecule has 0 spiro atoms. The zero-order valence-corrected chi connectivity index (χ0v) is 14.1. The first-order chi connectivity index (χ1) is 9.44. The number of nitrogens with zero attached hydrogens (tertiary/aromatic N) is 1. The van der Waals surface area contributed by atoms with E-state index in [2.05, 4.69) is 4.72 Å². The van der Waals surface area contributed by atoms with Crippen LogP contribution in [0.25, 0.3) is 0 Å². The van der Waals surface area contributed by atoms with Crippen LogP contribution in [0.4, 0.5) is 0 Å². The second-order valence-corrected chi connectivity index (χ2v) is 7.84. The van der Waals surface area contributed by atoms with Gasteiger partial charge in [-0.2, -0.15) is 4.72 Å². The van der Waals surface area contributed by atoms with Gasteiger partial charge in [-0.25, -0.2) is 8.42 Å². The molecule has 21 heavy (non-hydrogen) atoms. The Labute approximate surface area is 135 Å². The summed E-state index contributed by atoms with van der Waals surface area (Å²) in [6.07, 6.45) is 0.882. The van der Waals surface area contributed by atoms with Crippen LogP contribution in [0, 0.1) is 5.92 Å². The maximum atomic E-state index is 12.2. The summed E-state index contributed by atoms with van der Waals surface area (Å²) in [5.41, 5.74) is 5.59. The minimum absolute atomic E-state index is 0. The fraction of sp³-hybridized carbons (Fsp3) is 0.583. The molecule has 1 saturated heterocycles. The highest BCUT2D eigenvalue weighted by atomic mass is 35.5. The fourth-order valence-corrected chi connectivity index (χ4v) is 4.46. The largest absolute Gasteiger partial charge is 0.341 e. The Bertz CT molecular complexity index is 562. The molecule has 1 aromatic heterocycles. The van der Waals surface area contributed by atoms with Crippen molar-refractivity contribution in [1.29, 1.82) is 0 Å². The van der Waals surface area contributed by atoms with E-state index < -0.39 is 16.1 Å². The van der Waals surface area contributed by atoms with Gasteiger partial charge in [0.25, 0.3) is 10.0 Å². The van der Waals surface area contributed by atoms with E-state index in [0.717, 1.165) is 17.8 Å². The van der Waals surface area contributed by atoms with Crippen LogP contribution < -0.4 is 10.5 Å². The second kappa shape index (κ2) is 7.55. The van der Waals surface area contributed by atoms with Crippen molar-refractivity contribution in [2.24, 2.45) is 11.7 Å². The Morgan fingerprint density at radius 2 is 2.33 bits per heavy atom. The number of hydrogen-bond acceptors (Lipinski definition) is 5. The van der Waals surface area contributed by atoms with E-state index in [4.69, 9.17) is 5.73 Å². The van der Waals surface area contributed by atoms with Gasteiger partial charge in [0.05, 0.1) is 6.04 Å². The van der Waals surface area contributed by atoms with Crippen LogP contribution in [0.1, 0.15) is 13.3 Å². The summed E-state index contributed by atoms with van der Waals surface area (Å²) in [5.74, 6) is 0.126. The van der Waals surface area contributed by atoms with Crippen LogP contribution in [-0.2, 0) is 14.8 Å². The van der Waals surface area contributed by atoms with Gasteiger partial charge in [0, 0.05) is 13.1 Å². The van der Waals surface area contributed by atoms with Crippen molar-refractivity contribution in [3.05, 3.63) is 17.5 Å². The summed E-state index contributed by atoms with van der Waals surface area (Å²) in [7, 11) is -3.61. The number of halogens is 1. The number of rotatable bonds is 5. The number of hydrogen-bond donors (Lipinski definition) is 2. The van der Waals surface area contributed by atoms with Crippen LogP contribution in [0.3, 0.4) is 0 Å². The zero-order valence-electron chi connectivity index (χ0n) is 11.7. The predicted octanol–water partition coefficient (Wildman–Crippen LogP) is 0.644. The van der Waals surface area contributed by atoms with Crippen molar-refractivity contribution in [3.63, 3.8) is 0 Å². The minimum atomic E-state index is -3.61. The molecule has 1 amide bonds. The average Bonchev–Trinajstić information content (AvgIpc) is 3.08. The number of sulfonamides is 1.